The molecule has 0 saturated carbocycles. The largest absolute Gasteiger partial charge is 0.444 e. The van der Waals surface area contributed by atoms with Crippen molar-refractivity contribution in [1.29, 1.82) is 0 Å². The Labute approximate surface area is 140 Å². The van der Waals surface area contributed by atoms with Crippen LogP contribution < -0.4 is 5.73 Å². The van der Waals surface area contributed by atoms with E-state index in [2.05, 4.69) is 9.88 Å². The van der Waals surface area contributed by atoms with E-state index in [1.54, 1.807) is 17.6 Å². The second-order valence-electron chi connectivity index (χ2n) is 4.58. The molecule has 1 aliphatic heterocycles. The first-order valence-electron chi connectivity index (χ1n) is 6.37. The summed E-state index contributed by atoms with van der Waals surface area (Å²) in [6.45, 7) is 3.86. The molecule has 0 spiro atoms. The van der Waals surface area contributed by atoms with E-state index in [0.29, 0.717) is 12.4 Å². The predicted octanol–water partition coefficient (Wildman–Crippen LogP) is 2.41. The Balaban J connectivity index is 0.00000110. The number of hydrogen-bond donors (Lipinski definition) is 1. The van der Waals surface area contributed by atoms with Crippen molar-refractivity contribution >= 4 is 36.2 Å². The van der Waals surface area contributed by atoms with Gasteiger partial charge in [0.15, 0.2) is 0 Å². The van der Waals surface area contributed by atoms with Crippen LogP contribution in [-0.4, -0.2) is 42.2 Å². The number of ether oxygens (including phenoxy) is 1. The van der Waals surface area contributed by atoms with Crippen molar-refractivity contribution in [2.45, 2.75) is 12.6 Å². The highest BCUT2D eigenvalue weighted by Crippen LogP contribution is 2.24. The van der Waals surface area contributed by atoms with E-state index >= 15 is 0 Å². The van der Waals surface area contributed by atoms with Gasteiger partial charge in [-0.25, -0.2) is 4.98 Å². The van der Waals surface area contributed by atoms with Gasteiger partial charge < -0.3 is 14.9 Å². The summed E-state index contributed by atoms with van der Waals surface area (Å²) in [6, 6.07) is 4.01. The van der Waals surface area contributed by atoms with Crippen LogP contribution in [0.3, 0.4) is 0 Å². The zero-order chi connectivity index (χ0) is 13.1. The van der Waals surface area contributed by atoms with Crippen LogP contribution in [0.5, 0.6) is 0 Å². The molecule has 2 aromatic heterocycles. The van der Waals surface area contributed by atoms with Crippen LogP contribution in [0.25, 0.3) is 10.8 Å². The van der Waals surface area contributed by atoms with E-state index in [1.807, 2.05) is 17.5 Å². The minimum Gasteiger partial charge on any atom is -0.444 e. The van der Waals surface area contributed by atoms with Gasteiger partial charge in [0.2, 0.25) is 5.89 Å². The van der Waals surface area contributed by atoms with Crippen molar-refractivity contribution in [2.75, 3.05) is 26.2 Å². The summed E-state index contributed by atoms with van der Waals surface area (Å²) in [4.78, 5) is 7.89. The standard InChI is InChI=1S/C13H17N3O2S.2ClH/c14-6-11-8-16(3-4-17-11)7-10-9-18-13(15-10)12-2-1-5-19-12;;/h1-2,5,9,11H,3-4,6-8,14H2;2*1H. The molecular weight excluding hydrogens is 333 g/mol. The van der Waals surface area contributed by atoms with Crippen LogP contribution in [0, 0.1) is 0 Å². The van der Waals surface area contributed by atoms with Crippen molar-refractivity contribution in [1.82, 2.24) is 9.88 Å². The lowest BCUT2D eigenvalue weighted by Gasteiger charge is -2.31. The van der Waals surface area contributed by atoms with Crippen molar-refractivity contribution in [2.24, 2.45) is 5.73 Å². The topological polar surface area (TPSA) is 64.5 Å². The molecule has 0 aliphatic carbocycles. The summed E-state index contributed by atoms with van der Waals surface area (Å²) in [5.74, 6) is 0.702. The van der Waals surface area contributed by atoms with E-state index in [9.17, 15) is 0 Å². The first-order chi connectivity index (χ1) is 9.35. The van der Waals surface area contributed by atoms with E-state index in [-0.39, 0.29) is 30.9 Å². The van der Waals surface area contributed by atoms with Crippen LogP contribution >= 0.6 is 36.2 Å². The van der Waals surface area contributed by atoms with Gasteiger partial charge in [0, 0.05) is 26.2 Å². The number of halogens is 2. The average molecular weight is 352 g/mol. The number of nitrogens with zero attached hydrogens (tertiary/aromatic N) is 2. The lowest BCUT2D eigenvalue weighted by Crippen LogP contribution is -2.45. The fourth-order valence-corrected chi connectivity index (χ4v) is 2.84. The molecule has 1 saturated heterocycles. The summed E-state index contributed by atoms with van der Waals surface area (Å²) in [7, 11) is 0. The van der Waals surface area contributed by atoms with Crippen molar-refractivity contribution in [3.8, 4) is 10.8 Å². The minimum atomic E-state index is 0. The molecule has 1 aliphatic rings. The Morgan fingerprint density at radius 1 is 1.43 bits per heavy atom. The molecule has 21 heavy (non-hydrogen) atoms. The second kappa shape index (κ2) is 8.73. The van der Waals surface area contributed by atoms with Crippen molar-refractivity contribution in [3.05, 3.63) is 29.5 Å². The van der Waals surface area contributed by atoms with Crippen LogP contribution in [0.2, 0.25) is 0 Å². The highest BCUT2D eigenvalue weighted by Gasteiger charge is 2.20. The Morgan fingerprint density at radius 3 is 3.00 bits per heavy atom. The van der Waals surface area contributed by atoms with E-state index in [0.717, 1.165) is 36.8 Å². The summed E-state index contributed by atoms with van der Waals surface area (Å²) >= 11 is 1.63. The van der Waals surface area contributed by atoms with Crippen molar-refractivity contribution < 1.29 is 9.15 Å². The molecule has 3 heterocycles. The lowest BCUT2D eigenvalue weighted by atomic mass is 10.2. The van der Waals surface area contributed by atoms with Gasteiger partial charge in [-0.1, -0.05) is 6.07 Å². The van der Waals surface area contributed by atoms with Crippen LogP contribution in [0.1, 0.15) is 5.69 Å². The summed E-state index contributed by atoms with van der Waals surface area (Å²) in [5.41, 5.74) is 6.60. The monoisotopic (exact) mass is 351 g/mol. The van der Waals surface area contributed by atoms with Gasteiger partial charge in [-0.2, -0.15) is 0 Å². The molecule has 0 aromatic carbocycles. The Kier molecular flexibility index (Phi) is 7.65. The number of hydrogen-bond acceptors (Lipinski definition) is 6. The summed E-state index contributed by atoms with van der Waals surface area (Å²) in [6.07, 6.45) is 1.87. The van der Waals surface area contributed by atoms with E-state index in [1.165, 1.54) is 0 Å². The molecule has 2 aromatic rings. The molecule has 2 N–H and O–H groups in total. The number of morpholine rings is 1. The summed E-state index contributed by atoms with van der Waals surface area (Å²) in [5, 5.41) is 2.02. The van der Waals surface area contributed by atoms with Gasteiger partial charge in [-0.3, -0.25) is 4.90 Å². The average Bonchev–Trinajstić information content (AvgIpc) is 3.09. The third-order valence-electron chi connectivity index (χ3n) is 3.16. The molecule has 0 radical (unpaired) electrons. The van der Waals surface area contributed by atoms with Gasteiger partial charge >= 0.3 is 0 Å². The second-order valence-corrected chi connectivity index (χ2v) is 5.53. The molecule has 118 valence electrons. The molecule has 1 atom stereocenters. The van der Waals surface area contributed by atoms with E-state index in [4.69, 9.17) is 14.9 Å². The van der Waals surface area contributed by atoms with Gasteiger partial charge in [0.25, 0.3) is 0 Å². The maximum absolute atomic E-state index is 5.64. The molecular formula is C13H19Cl2N3O2S. The van der Waals surface area contributed by atoms with Gasteiger partial charge in [-0.15, -0.1) is 36.2 Å². The van der Waals surface area contributed by atoms with Gasteiger partial charge in [-0.05, 0) is 11.4 Å². The molecule has 5 nitrogen and oxygen atoms in total. The Hall–Kier alpha value is -0.630. The zero-order valence-electron chi connectivity index (χ0n) is 11.4. The van der Waals surface area contributed by atoms with Crippen molar-refractivity contribution in [3.63, 3.8) is 0 Å². The third kappa shape index (κ3) is 4.67. The predicted molar refractivity (Wildman–Crippen MR) is 88.4 cm³/mol. The van der Waals surface area contributed by atoms with E-state index < -0.39 is 0 Å². The molecule has 0 amide bonds. The Bertz CT molecular complexity index is 521. The zero-order valence-corrected chi connectivity index (χ0v) is 13.9. The van der Waals surface area contributed by atoms with Crippen LogP contribution in [0.4, 0.5) is 0 Å². The number of thiophene rings is 1. The van der Waals surface area contributed by atoms with Crippen LogP contribution in [0.15, 0.2) is 28.2 Å². The smallest absolute Gasteiger partial charge is 0.236 e. The quantitative estimate of drug-likeness (QED) is 0.916. The third-order valence-corrected chi connectivity index (χ3v) is 4.01. The fourth-order valence-electron chi connectivity index (χ4n) is 2.19. The fraction of sp³-hybridized carbons (Fsp3) is 0.462. The highest BCUT2D eigenvalue weighted by atomic mass is 35.5. The van der Waals surface area contributed by atoms with Crippen LogP contribution in [-0.2, 0) is 11.3 Å². The first-order valence-corrected chi connectivity index (χ1v) is 7.25. The number of rotatable bonds is 4. The lowest BCUT2D eigenvalue weighted by molar-refractivity contribution is -0.0264. The van der Waals surface area contributed by atoms with Gasteiger partial charge in [0.05, 0.1) is 23.3 Å². The molecule has 1 unspecified atom stereocenters. The number of nitrogens with two attached hydrogens (primary N) is 1. The SMILES string of the molecule is Cl.Cl.NCC1CN(Cc2coc(-c3cccs3)n2)CCO1. The maximum Gasteiger partial charge on any atom is 0.236 e. The number of oxazole rings is 1. The molecule has 8 heteroatoms. The van der Waals surface area contributed by atoms with Gasteiger partial charge in [0.1, 0.15) is 6.26 Å². The highest BCUT2D eigenvalue weighted by molar-refractivity contribution is 7.13. The minimum absolute atomic E-state index is 0. The Morgan fingerprint density at radius 2 is 2.29 bits per heavy atom. The molecule has 1 fully saturated rings. The summed E-state index contributed by atoms with van der Waals surface area (Å²) < 4.78 is 11.1. The first kappa shape index (κ1) is 18.4. The number of aromatic nitrogens is 1. The normalized spacial score (nSPS) is 18.8. The molecule has 3 rings (SSSR count). The molecule has 0 bridgehead atoms. The maximum atomic E-state index is 5.64.